The van der Waals surface area contributed by atoms with Gasteiger partial charge in [-0.05, 0) is 47.2 Å². The molecule has 0 N–H and O–H groups in total. The summed E-state index contributed by atoms with van der Waals surface area (Å²) in [6.45, 7) is 0. The van der Waals surface area contributed by atoms with E-state index < -0.39 is 11.6 Å². The second-order valence-electron chi connectivity index (χ2n) is 5.62. The predicted molar refractivity (Wildman–Crippen MR) is 101 cm³/mol. The molecule has 1 aliphatic heterocycles. The average Bonchev–Trinajstić information content (AvgIpc) is 3.34. The van der Waals surface area contributed by atoms with Crippen LogP contribution in [-0.2, 0) is 0 Å². The normalized spacial score (nSPS) is 17.4. The van der Waals surface area contributed by atoms with Crippen molar-refractivity contribution in [2.75, 3.05) is 5.01 Å². The number of nitrogens with zero attached hydrogens (tertiary/aromatic N) is 2. The van der Waals surface area contributed by atoms with Crippen molar-refractivity contribution in [2.24, 2.45) is 5.10 Å². The molecule has 2 nitrogen and oxygen atoms in total. The molecule has 0 aliphatic carbocycles. The second kappa shape index (κ2) is 6.90. The molecule has 3 aromatic rings. The summed E-state index contributed by atoms with van der Waals surface area (Å²) < 4.78 is 27.5. The van der Waals surface area contributed by atoms with Crippen LogP contribution >= 0.6 is 22.7 Å². The van der Waals surface area contributed by atoms with Crippen molar-refractivity contribution in [3.05, 3.63) is 80.7 Å². The maximum atomic E-state index is 14.3. The van der Waals surface area contributed by atoms with E-state index >= 15 is 0 Å². The molecule has 2 aromatic heterocycles. The standard InChI is InChI=1S/C19H14F2N2S2/c20-13-5-8-17(16(21)11-13)23-18(19-4-2-10-25-19)12-14(22-23)6-7-15-3-1-9-24-15/h1-11,18H,12H2/b7-6+/t18-/m1/s1. The molecule has 0 amide bonds. The zero-order chi connectivity index (χ0) is 17.2. The van der Waals surface area contributed by atoms with E-state index in [1.54, 1.807) is 27.7 Å². The smallest absolute Gasteiger partial charge is 0.151 e. The van der Waals surface area contributed by atoms with E-state index in [2.05, 4.69) is 5.10 Å². The van der Waals surface area contributed by atoms with E-state index in [-0.39, 0.29) is 6.04 Å². The van der Waals surface area contributed by atoms with Crippen molar-refractivity contribution in [3.63, 3.8) is 0 Å². The van der Waals surface area contributed by atoms with Crippen molar-refractivity contribution < 1.29 is 8.78 Å². The molecule has 1 aromatic carbocycles. The third kappa shape index (κ3) is 3.41. The van der Waals surface area contributed by atoms with Crippen LogP contribution in [-0.4, -0.2) is 5.71 Å². The molecule has 0 radical (unpaired) electrons. The Labute approximate surface area is 152 Å². The lowest BCUT2D eigenvalue weighted by Gasteiger charge is -2.23. The Kier molecular flexibility index (Phi) is 4.46. The summed E-state index contributed by atoms with van der Waals surface area (Å²) in [4.78, 5) is 2.24. The zero-order valence-electron chi connectivity index (χ0n) is 13.1. The first kappa shape index (κ1) is 16.2. The highest BCUT2D eigenvalue weighted by Gasteiger charge is 2.30. The number of hydrazone groups is 1. The van der Waals surface area contributed by atoms with Crippen LogP contribution in [0.25, 0.3) is 6.08 Å². The number of anilines is 1. The summed E-state index contributed by atoms with van der Waals surface area (Å²) in [5.41, 5.74) is 1.16. The van der Waals surface area contributed by atoms with Gasteiger partial charge in [0.25, 0.3) is 0 Å². The molecule has 6 heteroatoms. The lowest BCUT2D eigenvalue weighted by atomic mass is 10.1. The molecule has 0 bridgehead atoms. The van der Waals surface area contributed by atoms with E-state index in [0.717, 1.165) is 21.5 Å². The van der Waals surface area contributed by atoms with Gasteiger partial charge in [0.15, 0.2) is 5.82 Å². The molecular formula is C19H14F2N2S2. The SMILES string of the molecule is Fc1ccc(N2N=C(/C=C/c3cccs3)C[C@@H]2c2cccs2)c(F)c1. The summed E-state index contributed by atoms with van der Waals surface area (Å²) in [5.74, 6) is -1.19. The van der Waals surface area contributed by atoms with Gasteiger partial charge >= 0.3 is 0 Å². The van der Waals surface area contributed by atoms with Gasteiger partial charge in [0.1, 0.15) is 5.82 Å². The molecule has 126 valence electrons. The van der Waals surface area contributed by atoms with E-state index in [9.17, 15) is 8.78 Å². The summed E-state index contributed by atoms with van der Waals surface area (Å²) in [5, 5.41) is 10.3. The first-order valence-electron chi connectivity index (χ1n) is 7.77. The van der Waals surface area contributed by atoms with Crippen molar-refractivity contribution in [1.82, 2.24) is 0 Å². The summed E-state index contributed by atoms with van der Waals surface area (Å²) in [6, 6.07) is 11.5. The first-order chi connectivity index (χ1) is 12.2. The number of halogens is 2. The zero-order valence-corrected chi connectivity index (χ0v) is 14.7. The topological polar surface area (TPSA) is 15.6 Å². The van der Waals surface area contributed by atoms with Crippen molar-refractivity contribution in [3.8, 4) is 0 Å². The summed E-state index contributed by atoms with van der Waals surface area (Å²) in [7, 11) is 0. The maximum absolute atomic E-state index is 14.3. The third-order valence-electron chi connectivity index (χ3n) is 3.95. The maximum Gasteiger partial charge on any atom is 0.151 e. The molecule has 0 spiro atoms. The first-order valence-corrected chi connectivity index (χ1v) is 9.53. The fourth-order valence-corrected chi connectivity index (χ4v) is 4.22. The van der Waals surface area contributed by atoms with Gasteiger partial charge in [-0.3, -0.25) is 5.01 Å². The van der Waals surface area contributed by atoms with Crippen LogP contribution in [0, 0.1) is 11.6 Å². The minimum absolute atomic E-state index is 0.0806. The minimum atomic E-state index is -0.603. The Bertz CT molecular complexity index is 915. The fraction of sp³-hybridized carbons (Fsp3) is 0.105. The van der Waals surface area contributed by atoms with Crippen LogP contribution in [0.5, 0.6) is 0 Å². The van der Waals surface area contributed by atoms with Gasteiger partial charge in [-0.1, -0.05) is 12.1 Å². The molecule has 3 heterocycles. The van der Waals surface area contributed by atoms with Gasteiger partial charge in [-0.25, -0.2) is 8.78 Å². The van der Waals surface area contributed by atoms with Gasteiger partial charge in [0, 0.05) is 22.2 Å². The summed E-state index contributed by atoms with van der Waals surface area (Å²) in [6.07, 6.45) is 4.66. The Morgan fingerprint density at radius 3 is 2.60 bits per heavy atom. The molecule has 0 saturated heterocycles. The van der Waals surface area contributed by atoms with Gasteiger partial charge in [0.05, 0.1) is 17.4 Å². The molecule has 0 fully saturated rings. The predicted octanol–water partition coefficient (Wildman–Crippen LogP) is 6.11. The largest absolute Gasteiger partial charge is 0.254 e. The van der Waals surface area contributed by atoms with Crippen LogP contribution in [0.4, 0.5) is 14.5 Å². The number of thiophene rings is 2. The third-order valence-corrected chi connectivity index (χ3v) is 5.76. The Hall–Kier alpha value is -2.31. The fourth-order valence-electron chi connectivity index (χ4n) is 2.79. The van der Waals surface area contributed by atoms with E-state index in [1.165, 1.54) is 12.1 Å². The number of rotatable bonds is 4. The van der Waals surface area contributed by atoms with E-state index in [0.29, 0.717) is 12.1 Å². The highest BCUT2D eigenvalue weighted by Crippen LogP contribution is 2.38. The average molecular weight is 372 g/mol. The lowest BCUT2D eigenvalue weighted by molar-refractivity contribution is 0.574. The molecule has 0 saturated carbocycles. The van der Waals surface area contributed by atoms with Crippen LogP contribution in [0.1, 0.15) is 22.2 Å². The molecule has 1 atom stereocenters. The number of allylic oxidation sites excluding steroid dienone is 1. The Balaban J connectivity index is 1.68. The highest BCUT2D eigenvalue weighted by molar-refractivity contribution is 7.10. The van der Waals surface area contributed by atoms with Crippen LogP contribution < -0.4 is 5.01 Å². The Morgan fingerprint density at radius 2 is 1.88 bits per heavy atom. The Morgan fingerprint density at radius 1 is 1.04 bits per heavy atom. The molecule has 4 rings (SSSR count). The minimum Gasteiger partial charge on any atom is -0.254 e. The van der Waals surface area contributed by atoms with Gasteiger partial charge in [0.2, 0.25) is 0 Å². The van der Waals surface area contributed by atoms with Crippen molar-refractivity contribution >= 4 is 40.1 Å². The van der Waals surface area contributed by atoms with Crippen LogP contribution in [0.3, 0.4) is 0 Å². The monoisotopic (exact) mass is 372 g/mol. The molecular weight excluding hydrogens is 358 g/mol. The number of benzene rings is 1. The molecule has 25 heavy (non-hydrogen) atoms. The van der Waals surface area contributed by atoms with Crippen LogP contribution in [0.2, 0.25) is 0 Å². The van der Waals surface area contributed by atoms with E-state index in [4.69, 9.17) is 0 Å². The number of hydrogen-bond donors (Lipinski definition) is 0. The second-order valence-corrected chi connectivity index (χ2v) is 7.57. The van der Waals surface area contributed by atoms with Crippen LogP contribution in [0.15, 0.2) is 64.4 Å². The van der Waals surface area contributed by atoms with E-state index in [1.807, 2.05) is 47.2 Å². The quantitative estimate of drug-likeness (QED) is 0.539. The molecule has 0 unspecified atom stereocenters. The van der Waals surface area contributed by atoms with Gasteiger partial charge < -0.3 is 0 Å². The van der Waals surface area contributed by atoms with Gasteiger partial charge in [-0.15, -0.1) is 22.7 Å². The molecule has 1 aliphatic rings. The number of hydrogen-bond acceptors (Lipinski definition) is 4. The summed E-state index contributed by atoms with van der Waals surface area (Å²) >= 11 is 3.26. The van der Waals surface area contributed by atoms with Gasteiger partial charge in [-0.2, -0.15) is 5.10 Å². The lowest BCUT2D eigenvalue weighted by Crippen LogP contribution is -2.18. The van der Waals surface area contributed by atoms with Crippen molar-refractivity contribution in [1.29, 1.82) is 0 Å². The highest BCUT2D eigenvalue weighted by atomic mass is 32.1. The van der Waals surface area contributed by atoms with Crippen molar-refractivity contribution in [2.45, 2.75) is 12.5 Å².